The van der Waals surface area contributed by atoms with E-state index in [1.54, 1.807) is 4.68 Å². The lowest BCUT2D eigenvalue weighted by molar-refractivity contribution is 0.0710. The van der Waals surface area contributed by atoms with Crippen LogP contribution in [-0.4, -0.2) is 22.5 Å². The molecular formula is C13H15N3O2. The van der Waals surface area contributed by atoms with Gasteiger partial charge in [-0.2, -0.15) is 5.10 Å². The lowest BCUT2D eigenvalue weighted by Crippen LogP contribution is -2.39. The van der Waals surface area contributed by atoms with E-state index >= 15 is 0 Å². The van der Waals surface area contributed by atoms with E-state index in [4.69, 9.17) is 15.2 Å². The lowest BCUT2D eigenvalue weighted by Gasteiger charge is -2.29. The van der Waals surface area contributed by atoms with E-state index in [-0.39, 0.29) is 12.1 Å². The van der Waals surface area contributed by atoms with Crippen LogP contribution in [-0.2, 0) is 7.05 Å². The maximum atomic E-state index is 6.16. The fourth-order valence-electron chi connectivity index (χ4n) is 2.01. The first-order valence-corrected chi connectivity index (χ1v) is 5.87. The zero-order valence-electron chi connectivity index (χ0n) is 10.1. The summed E-state index contributed by atoms with van der Waals surface area (Å²) in [6, 6.07) is 9.21. The number of aromatic nitrogens is 2. The van der Waals surface area contributed by atoms with Crippen molar-refractivity contribution in [2.75, 3.05) is 6.61 Å². The smallest absolute Gasteiger partial charge is 0.161 e. The Morgan fingerprint density at radius 3 is 2.83 bits per heavy atom. The highest BCUT2D eigenvalue weighted by Gasteiger charge is 2.28. The van der Waals surface area contributed by atoms with Gasteiger partial charge in [-0.1, -0.05) is 12.1 Å². The van der Waals surface area contributed by atoms with E-state index in [9.17, 15) is 0 Å². The van der Waals surface area contributed by atoms with Crippen LogP contribution in [0.1, 0.15) is 11.7 Å². The maximum absolute atomic E-state index is 6.16. The van der Waals surface area contributed by atoms with Crippen LogP contribution >= 0.6 is 0 Å². The van der Waals surface area contributed by atoms with E-state index < -0.39 is 0 Å². The molecule has 94 valence electrons. The minimum absolute atomic E-state index is 0.213. The molecule has 2 unspecified atom stereocenters. The first-order valence-electron chi connectivity index (χ1n) is 5.87. The van der Waals surface area contributed by atoms with Gasteiger partial charge in [-0.3, -0.25) is 4.68 Å². The molecule has 2 atom stereocenters. The highest BCUT2D eigenvalue weighted by molar-refractivity contribution is 5.41. The Bertz CT molecular complexity index is 553. The van der Waals surface area contributed by atoms with Crippen LogP contribution in [0.25, 0.3) is 0 Å². The molecule has 18 heavy (non-hydrogen) atoms. The largest absolute Gasteiger partial charge is 0.486 e. The summed E-state index contributed by atoms with van der Waals surface area (Å²) >= 11 is 0. The van der Waals surface area contributed by atoms with E-state index in [1.165, 1.54) is 0 Å². The topological polar surface area (TPSA) is 62.3 Å². The van der Waals surface area contributed by atoms with Crippen molar-refractivity contribution >= 4 is 0 Å². The molecule has 1 aromatic heterocycles. The second kappa shape index (κ2) is 4.34. The number of nitrogens with two attached hydrogens (primary N) is 1. The summed E-state index contributed by atoms with van der Waals surface area (Å²) in [4.78, 5) is 0. The molecule has 2 N–H and O–H groups in total. The number of aryl methyl sites for hydroxylation is 1. The van der Waals surface area contributed by atoms with Gasteiger partial charge in [0.2, 0.25) is 0 Å². The van der Waals surface area contributed by atoms with Gasteiger partial charge < -0.3 is 15.2 Å². The van der Waals surface area contributed by atoms with Gasteiger partial charge in [0.05, 0.1) is 11.7 Å². The van der Waals surface area contributed by atoms with Crippen molar-refractivity contribution < 1.29 is 9.47 Å². The van der Waals surface area contributed by atoms with Gasteiger partial charge in [-0.05, 0) is 18.2 Å². The molecular weight excluding hydrogens is 230 g/mol. The van der Waals surface area contributed by atoms with Crippen LogP contribution in [0.5, 0.6) is 11.5 Å². The van der Waals surface area contributed by atoms with Crippen molar-refractivity contribution in [2.45, 2.75) is 12.1 Å². The molecule has 0 spiro atoms. The van der Waals surface area contributed by atoms with Crippen molar-refractivity contribution in [2.24, 2.45) is 12.8 Å². The van der Waals surface area contributed by atoms with Crippen molar-refractivity contribution in [1.29, 1.82) is 0 Å². The summed E-state index contributed by atoms with van der Waals surface area (Å²) < 4.78 is 13.2. The Morgan fingerprint density at radius 2 is 2.11 bits per heavy atom. The molecule has 5 nitrogen and oxygen atoms in total. The lowest BCUT2D eigenvalue weighted by atomic mass is 10.1. The van der Waals surface area contributed by atoms with Crippen molar-refractivity contribution in [3.63, 3.8) is 0 Å². The second-order valence-electron chi connectivity index (χ2n) is 4.35. The minimum Gasteiger partial charge on any atom is -0.486 e. The number of para-hydroxylation sites is 2. The van der Waals surface area contributed by atoms with Gasteiger partial charge in [0.15, 0.2) is 17.6 Å². The molecule has 0 saturated heterocycles. The van der Waals surface area contributed by atoms with E-state index in [1.807, 2.05) is 43.6 Å². The van der Waals surface area contributed by atoms with Crippen molar-refractivity contribution in [1.82, 2.24) is 9.78 Å². The molecule has 0 fully saturated rings. The Balaban J connectivity index is 1.79. The molecule has 5 heteroatoms. The van der Waals surface area contributed by atoms with Gasteiger partial charge in [0.1, 0.15) is 6.61 Å². The zero-order chi connectivity index (χ0) is 12.5. The highest BCUT2D eigenvalue weighted by Crippen LogP contribution is 2.33. The average molecular weight is 245 g/mol. The summed E-state index contributed by atoms with van der Waals surface area (Å²) in [6.07, 6.45) is 1.65. The summed E-state index contributed by atoms with van der Waals surface area (Å²) in [5.41, 5.74) is 6.97. The number of rotatable bonds is 2. The predicted octanol–water partition coefficient (Wildman–Crippen LogP) is 1.26. The summed E-state index contributed by atoms with van der Waals surface area (Å²) in [6.45, 7) is 0.439. The van der Waals surface area contributed by atoms with Crippen LogP contribution in [0.3, 0.4) is 0 Å². The van der Waals surface area contributed by atoms with Crippen LogP contribution < -0.4 is 15.2 Å². The van der Waals surface area contributed by atoms with Crippen molar-refractivity contribution in [3.8, 4) is 11.5 Å². The third-order valence-electron chi connectivity index (χ3n) is 3.01. The van der Waals surface area contributed by atoms with Crippen LogP contribution in [0, 0.1) is 0 Å². The molecule has 1 aliphatic rings. The van der Waals surface area contributed by atoms with Crippen molar-refractivity contribution in [3.05, 3.63) is 42.2 Å². The van der Waals surface area contributed by atoms with Gasteiger partial charge in [-0.15, -0.1) is 0 Å². The molecule has 0 amide bonds. The maximum Gasteiger partial charge on any atom is 0.161 e. The standard InChI is InChI=1S/C13H15N3O2/c1-16-7-6-9(15-16)13(14)12-8-17-10-4-2-3-5-11(10)18-12/h2-7,12-13H,8,14H2,1H3. The van der Waals surface area contributed by atoms with E-state index in [0.29, 0.717) is 6.61 Å². The normalized spacial score (nSPS) is 19.6. The number of ether oxygens (including phenoxy) is 2. The van der Waals surface area contributed by atoms with Crippen LogP contribution in [0.2, 0.25) is 0 Å². The number of hydrogen-bond acceptors (Lipinski definition) is 4. The zero-order valence-corrected chi connectivity index (χ0v) is 10.1. The van der Waals surface area contributed by atoms with Crippen LogP contribution in [0.15, 0.2) is 36.5 Å². The van der Waals surface area contributed by atoms with Crippen LogP contribution in [0.4, 0.5) is 0 Å². The number of nitrogens with zero attached hydrogens (tertiary/aromatic N) is 2. The Labute approximate surface area is 105 Å². The monoisotopic (exact) mass is 245 g/mol. The molecule has 0 bridgehead atoms. The fourth-order valence-corrected chi connectivity index (χ4v) is 2.01. The Morgan fingerprint density at radius 1 is 1.33 bits per heavy atom. The summed E-state index contributed by atoms with van der Waals surface area (Å²) in [5.74, 6) is 1.50. The van der Waals surface area contributed by atoms with Gasteiger partial charge in [0.25, 0.3) is 0 Å². The second-order valence-corrected chi connectivity index (χ2v) is 4.35. The Kier molecular flexibility index (Phi) is 2.68. The molecule has 1 aliphatic heterocycles. The number of fused-ring (bicyclic) bond motifs is 1. The quantitative estimate of drug-likeness (QED) is 0.865. The van der Waals surface area contributed by atoms with Gasteiger partial charge in [-0.25, -0.2) is 0 Å². The SMILES string of the molecule is Cn1ccc(C(N)C2COc3ccccc3O2)n1. The fraction of sp³-hybridized carbons (Fsp3) is 0.308. The number of benzene rings is 1. The third-order valence-corrected chi connectivity index (χ3v) is 3.01. The highest BCUT2D eigenvalue weighted by atomic mass is 16.6. The van der Waals surface area contributed by atoms with E-state index in [2.05, 4.69) is 5.10 Å². The third kappa shape index (κ3) is 1.93. The molecule has 0 radical (unpaired) electrons. The predicted molar refractivity (Wildman–Crippen MR) is 66.5 cm³/mol. The summed E-state index contributed by atoms with van der Waals surface area (Å²) in [7, 11) is 1.86. The molecule has 3 rings (SSSR count). The number of hydrogen-bond donors (Lipinski definition) is 1. The molecule has 0 aliphatic carbocycles. The Hall–Kier alpha value is -2.01. The first-order chi connectivity index (χ1) is 8.74. The molecule has 0 saturated carbocycles. The minimum atomic E-state index is -0.292. The van der Waals surface area contributed by atoms with E-state index in [0.717, 1.165) is 17.2 Å². The van der Waals surface area contributed by atoms with Gasteiger partial charge >= 0.3 is 0 Å². The average Bonchev–Trinajstić information content (AvgIpc) is 2.84. The first kappa shape index (κ1) is 11.1. The molecule has 2 heterocycles. The van der Waals surface area contributed by atoms with Gasteiger partial charge in [0, 0.05) is 13.2 Å². The molecule has 2 aromatic rings. The molecule has 1 aromatic carbocycles. The summed E-state index contributed by atoms with van der Waals surface area (Å²) in [5, 5.41) is 4.30.